The molecule has 0 aliphatic carbocycles. The number of rotatable bonds is 4. The Balaban J connectivity index is 1.46. The first-order chi connectivity index (χ1) is 22.5. The number of fused-ring (bicyclic) bond motifs is 4. The smallest absolute Gasteiger partial charge is 0.282 e. The van der Waals surface area contributed by atoms with E-state index in [1.54, 1.807) is 0 Å². The molecule has 0 atom stereocenters. The number of amides is 4. The van der Waals surface area contributed by atoms with Crippen LogP contribution < -0.4 is 32.3 Å². The Labute approximate surface area is 264 Å². The molecule has 13 nitrogen and oxygen atoms in total. The molecule has 14 heteroatoms. The van der Waals surface area contributed by atoms with Crippen molar-refractivity contribution in [2.45, 2.75) is 0 Å². The van der Waals surface area contributed by atoms with E-state index < -0.39 is 78.8 Å². The van der Waals surface area contributed by atoms with Crippen LogP contribution in [0.15, 0.2) is 98.0 Å². The number of hydrogen-bond donors (Lipinski definition) is 0. The van der Waals surface area contributed by atoms with Crippen molar-refractivity contribution in [1.29, 1.82) is 0 Å². The summed E-state index contributed by atoms with van der Waals surface area (Å²) in [5, 5.41) is -1.51. The number of nitrogens with zero attached hydrogens (tertiary/aromatic N) is 4. The van der Waals surface area contributed by atoms with E-state index in [1.165, 1.54) is 72.8 Å². The van der Waals surface area contributed by atoms with Crippen molar-refractivity contribution in [2.75, 3.05) is 10.0 Å². The maximum absolute atomic E-state index is 14.1. The van der Waals surface area contributed by atoms with Crippen LogP contribution in [0.2, 0.25) is 5.02 Å². The minimum Gasteiger partial charge on any atom is -0.289 e. The van der Waals surface area contributed by atoms with Gasteiger partial charge in [0.2, 0.25) is 0 Å². The molecule has 4 heterocycles. The maximum atomic E-state index is 14.1. The zero-order valence-electron chi connectivity index (χ0n) is 23.3. The quantitative estimate of drug-likeness (QED) is 0.205. The summed E-state index contributed by atoms with van der Waals surface area (Å²) in [6, 6.07) is 17.4. The lowest BCUT2D eigenvalue weighted by molar-refractivity contribution is 0.0868. The zero-order valence-corrected chi connectivity index (χ0v) is 24.1. The molecule has 8 rings (SSSR count). The highest BCUT2D eigenvalue weighted by Gasteiger charge is 2.42. The van der Waals surface area contributed by atoms with Crippen LogP contribution in [0.25, 0.3) is 21.5 Å². The molecule has 0 bridgehead atoms. The Hall–Kier alpha value is -6.60. The van der Waals surface area contributed by atoms with Gasteiger partial charge in [-0.3, -0.25) is 43.2 Å². The molecule has 47 heavy (non-hydrogen) atoms. The first kappa shape index (κ1) is 27.9. The summed E-state index contributed by atoms with van der Waals surface area (Å²) in [6.45, 7) is 0. The lowest BCUT2D eigenvalue weighted by atomic mass is 9.95. The van der Waals surface area contributed by atoms with E-state index in [2.05, 4.69) is 0 Å². The third kappa shape index (κ3) is 3.50. The van der Waals surface area contributed by atoms with Crippen LogP contribution in [0, 0.1) is 0 Å². The molecule has 6 aromatic rings. The molecule has 2 aliphatic rings. The molecule has 2 aliphatic heterocycles. The molecule has 0 spiro atoms. The van der Waals surface area contributed by atoms with Crippen molar-refractivity contribution in [3.05, 3.63) is 159 Å². The molecule has 2 aromatic heterocycles. The molecule has 0 saturated carbocycles. The van der Waals surface area contributed by atoms with Crippen molar-refractivity contribution in [3.8, 4) is 0 Å². The highest BCUT2D eigenvalue weighted by Crippen LogP contribution is 2.28. The minimum atomic E-state index is -1.29. The fourth-order valence-electron chi connectivity index (χ4n) is 6.14. The maximum Gasteiger partial charge on any atom is 0.282 e. The van der Waals surface area contributed by atoms with E-state index in [9.17, 15) is 43.2 Å². The second-order valence-corrected chi connectivity index (χ2v) is 11.1. The van der Waals surface area contributed by atoms with Crippen molar-refractivity contribution in [1.82, 2.24) is 9.35 Å². The van der Waals surface area contributed by atoms with E-state index in [0.29, 0.717) is 10.0 Å². The average molecular weight is 645 g/mol. The van der Waals surface area contributed by atoms with Gasteiger partial charge in [0.15, 0.2) is 5.78 Å². The molecule has 226 valence electrons. The minimum absolute atomic E-state index is 0.0732. The summed E-state index contributed by atoms with van der Waals surface area (Å²) in [7, 11) is 0. The average Bonchev–Trinajstić information content (AvgIpc) is 3.67. The Morgan fingerprint density at radius 3 is 1.21 bits per heavy atom. The number of aromatic nitrogens is 2. The van der Waals surface area contributed by atoms with E-state index >= 15 is 0 Å². The van der Waals surface area contributed by atoms with Crippen molar-refractivity contribution in [2.24, 2.45) is 0 Å². The van der Waals surface area contributed by atoms with Crippen LogP contribution in [0.5, 0.6) is 0 Å². The highest BCUT2D eigenvalue weighted by atomic mass is 35.5. The molecule has 0 N–H and O–H groups in total. The summed E-state index contributed by atoms with van der Waals surface area (Å²) >= 11 is 5.99. The normalized spacial score (nSPS) is 14.1. The molecular formula is C33H13ClN4O9. The Kier molecular flexibility index (Phi) is 5.61. The van der Waals surface area contributed by atoms with Crippen LogP contribution in [0.1, 0.15) is 57.4 Å². The van der Waals surface area contributed by atoms with Crippen LogP contribution >= 0.6 is 11.6 Å². The first-order valence-electron chi connectivity index (χ1n) is 13.8. The third-order valence-corrected chi connectivity index (χ3v) is 8.52. The summed E-state index contributed by atoms with van der Waals surface area (Å²) in [5.74, 6) is -4.93. The van der Waals surface area contributed by atoms with Gasteiger partial charge in [0.1, 0.15) is 0 Å². The van der Waals surface area contributed by atoms with E-state index in [4.69, 9.17) is 11.6 Å². The van der Waals surface area contributed by atoms with Crippen molar-refractivity contribution >= 4 is 62.6 Å². The van der Waals surface area contributed by atoms with Crippen LogP contribution in [0.3, 0.4) is 0 Å². The zero-order chi connectivity index (χ0) is 33.0. The van der Waals surface area contributed by atoms with Gasteiger partial charge in [-0.2, -0.15) is 19.4 Å². The van der Waals surface area contributed by atoms with Gasteiger partial charge >= 0.3 is 0 Å². The van der Waals surface area contributed by atoms with Crippen LogP contribution in [-0.2, 0) is 0 Å². The monoisotopic (exact) mass is 644 g/mol. The lowest BCUT2D eigenvalue weighted by Crippen LogP contribution is -2.50. The van der Waals surface area contributed by atoms with E-state index in [1.807, 2.05) is 0 Å². The molecule has 4 amide bonds. The lowest BCUT2D eigenvalue weighted by Gasteiger charge is -2.12. The van der Waals surface area contributed by atoms with E-state index in [-0.39, 0.29) is 42.2 Å². The second-order valence-electron chi connectivity index (χ2n) is 10.7. The Morgan fingerprint density at radius 1 is 0.489 bits per heavy atom. The van der Waals surface area contributed by atoms with Gasteiger partial charge < -0.3 is 0 Å². The van der Waals surface area contributed by atoms with E-state index in [0.717, 1.165) is 6.07 Å². The molecule has 0 saturated heterocycles. The number of carbonyl (C=O) groups excluding carboxylic acids is 5. The summed E-state index contributed by atoms with van der Waals surface area (Å²) in [6.07, 6.45) is 0. The van der Waals surface area contributed by atoms with Gasteiger partial charge in [-0.15, -0.1) is 0 Å². The number of halogens is 1. The predicted octanol–water partition coefficient (Wildman–Crippen LogP) is 1.66. The molecule has 0 radical (unpaired) electrons. The topological polar surface area (TPSA) is 170 Å². The van der Waals surface area contributed by atoms with Crippen LogP contribution in [-0.4, -0.2) is 38.8 Å². The predicted molar refractivity (Wildman–Crippen MR) is 166 cm³/mol. The van der Waals surface area contributed by atoms with Crippen molar-refractivity contribution < 1.29 is 24.0 Å². The highest BCUT2D eigenvalue weighted by molar-refractivity contribution is 6.33. The van der Waals surface area contributed by atoms with Gasteiger partial charge in [0, 0.05) is 16.1 Å². The summed E-state index contributed by atoms with van der Waals surface area (Å²) < 4.78 is 0.528. The fourth-order valence-corrected chi connectivity index (χ4v) is 6.27. The van der Waals surface area contributed by atoms with Gasteiger partial charge in [-0.25, -0.2) is 0 Å². The Morgan fingerprint density at radius 2 is 0.851 bits per heavy atom. The van der Waals surface area contributed by atoms with Crippen molar-refractivity contribution in [3.63, 3.8) is 0 Å². The number of hydrogen-bond acceptors (Lipinski definition) is 9. The standard InChI is InChI=1S/C33H13ClN4O9/c34-15-11-9-14(10-12-15)25(39)24-22-20(30(44)37(32(22)46)35-26(40)16-5-1-2-6-17(16)27(35)41)13-21-23(24)33(47)38(31(21)45)36-28(42)18-7-3-4-8-19(18)29(36)43/h1-13H. The molecular weight excluding hydrogens is 632 g/mol. The fraction of sp³-hybridized carbons (Fsp3) is 0. The second kappa shape index (κ2) is 9.45. The van der Waals surface area contributed by atoms with Gasteiger partial charge in [0.25, 0.3) is 45.9 Å². The number of benzene rings is 4. The van der Waals surface area contributed by atoms with Gasteiger partial charge in [0.05, 0.1) is 43.8 Å². The summed E-state index contributed by atoms with van der Waals surface area (Å²) in [5.41, 5.74) is -6.14. The SMILES string of the molecule is O=C(c1ccc(Cl)cc1)c1c2c(=O)n(N3C(=O)c4ccccc4C3=O)c(=O)c2cc2c(=O)n(N3C(=O)c4ccccc4C3=O)c(=O)c12. The summed E-state index contributed by atoms with van der Waals surface area (Å²) in [4.78, 5) is 123. The van der Waals surface area contributed by atoms with Crippen LogP contribution in [0.4, 0.5) is 0 Å². The molecule has 0 unspecified atom stereocenters. The van der Waals surface area contributed by atoms with Gasteiger partial charge in [-0.05, 0) is 54.6 Å². The number of imide groups is 2. The largest absolute Gasteiger partial charge is 0.289 e. The Bertz CT molecular complexity index is 2510. The van der Waals surface area contributed by atoms with Gasteiger partial charge in [-0.1, -0.05) is 35.9 Å². The number of ketones is 1. The first-order valence-corrected chi connectivity index (χ1v) is 14.1. The molecule has 0 fully saturated rings. The number of carbonyl (C=O) groups is 5. The third-order valence-electron chi connectivity index (χ3n) is 8.26. The molecule has 4 aromatic carbocycles.